The summed E-state index contributed by atoms with van der Waals surface area (Å²) in [4.78, 5) is 5.31. The van der Waals surface area contributed by atoms with Gasteiger partial charge in [-0.05, 0) is 68.6 Å². The number of thiazole rings is 1. The number of aromatic hydroxyl groups is 1. The zero-order chi connectivity index (χ0) is 18.7. The van der Waals surface area contributed by atoms with Gasteiger partial charge in [-0.25, -0.2) is 4.68 Å². The second-order valence-electron chi connectivity index (χ2n) is 5.54. The van der Waals surface area contributed by atoms with Crippen LogP contribution in [0.4, 0.5) is 0 Å². The number of rotatable bonds is 5. The zero-order valence-electron chi connectivity index (χ0n) is 13.8. The van der Waals surface area contributed by atoms with Crippen LogP contribution in [0.15, 0.2) is 71.5 Å². The Hall–Kier alpha value is -1.90. The molecule has 2 aromatic heterocycles. The third-order valence-corrected chi connectivity index (χ3v) is 5.37. The average Bonchev–Trinajstić information content (AvgIpc) is 3.24. The molecule has 0 spiro atoms. The first kappa shape index (κ1) is 18.9. The lowest BCUT2D eigenvalue weighted by Crippen LogP contribution is -2.12. The highest BCUT2D eigenvalue weighted by Crippen LogP contribution is 2.32. The Labute approximate surface area is 171 Å². The van der Waals surface area contributed by atoms with Gasteiger partial charge in [0.1, 0.15) is 11.4 Å². The molecule has 0 aliphatic heterocycles. The minimum atomic E-state index is 0.152. The summed E-state index contributed by atoms with van der Waals surface area (Å²) in [5, 5.41) is 16.4. The van der Waals surface area contributed by atoms with Gasteiger partial charge in [-0.3, -0.25) is 4.99 Å². The molecule has 0 aliphatic carbocycles. The number of hydrogen-bond acceptors (Lipinski definition) is 5. The smallest absolute Gasteiger partial charge is 0.206 e. The van der Waals surface area contributed by atoms with Crippen LogP contribution in [-0.2, 0) is 0 Å². The minimum Gasteiger partial charge on any atom is -0.506 e. The SMILES string of the molecule is C=C(C)CN=c1scc(-c2ccco2)n1N=Cc1cc(Br)c(O)c(Br)c1. The van der Waals surface area contributed by atoms with Crippen molar-refractivity contribution in [1.82, 2.24) is 4.68 Å². The number of halogens is 2. The Morgan fingerprint density at radius 1 is 1.38 bits per heavy atom. The maximum Gasteiger partial charge on any atom is 0.206 e. The molecule has 3 rings (SSSR count). The molecular weight excluding hydrogens is 482 g/mol. The molecule has 5 nitrogen and oxygen atoms in total. The Bertz CT molecular complexity index is 1010. The van der Waals surface area contributed by atoms with E-state index in [9.17, 15) is 5.11 Å². The van der Waals surface area contributed by atoms with Gasteiger partial charge in [0.05, 0.1) is 28.0 Å². The topological polar surface area (TPSA) is 63.0 Å². The van der Waals surface area contributed by atoms with Crippen molar-refractivity contribution in [3.05, 3.63) is 67.4 Å². The molecule has 2 heterocycles. The van der Waals surface area contributed by atoms with Crippen molar-refractivity contribution in [2.75, 3.05) is 6.54 Å². The highest BCUT2D eigenvalue weighted by Gasteiger charge is 2.10. The van der Waals surface area contributed by atoms with Crippen molar-refractivity contribution >= 4 is 49.4 Å². The predicted octanol–water partition coefficient (Wildman–Crippen LogP) is 5.40. The van der Waals surface area contributed by atoms with Crippen LogP contribution in [0.2, 0.25) is 0 Å². The van der Waals surface area contributed by atoms with Gasteiger partial charge in [-0.1, -0.05) is 12.2 Å². The first-order chi connectivity index (χ1) is 12.5. The van der Waals surface area contributed by atoms with Crippen LogP contribution in [0.25, 0.3) is 11.5 Å². The van der Waals surface area contributed by atoms with Crippen molar-refractivity contribution in [3.63, 3.8) is 0 Å². The highest BCUT2D eigenvalue weighted by atomic mass is 79.9. The summed E-state index contributed by atoms with van der Waals surface area (Å²) in [6, 6.07) is 7.28. The van der Waals surface area contributed by atoms with Crippen LogP contribution in [0, 0.1) is 0 Å². The monoisotopic (exact) mass is 495 g/mol. The second-order valence-corrected chi connectivity index (χ2v) is 8.09. The fourth-order valence-electron chi connectivity index (χ4n) is 2.10. The van der Waals surface area contributed by atoms with Gasteiger partial charge in [0.25, 0.3) is 0 Å². The van der Waals surface area contributed by atoms with Crippen LogP contribution in [0.3, 0.4) is 0 Å². The molecule has 1 N–H and O–H groups in total. The van der Waals surface area contributed by atoms with E-state index in [0.29, 0.717) is 21.3 Å². The van der Waals surface area contributed by atoms with Crippen LogP contribution in [-0.4, -0.2) is 22.5 Å². The third-order valence-electron chi connectivity index (χ3n) is 3.30. The lowest BCUT2D eigenvalue weighted by molar-refractivity contribution is 0.468. The van der Waals surface area contributed by atoms with Gasteiger partial charge in [-0.15, -0.1) is 11.3 Å². The number of phenolic OH excluding ortho intramolecular Hbond substituents is 1. The molecule has 0 amide bonds. The normalized spacial score (nSPS) is 12.2. The molecule has 3 aromatic rings. The number of phenols is 1. The standard InChI is InChI=1S/C18H15Br2N3O2S/c1-11(2)8-21-18-23(15(10-26-18)16-4-3-5-25-16)22-9-12-6-13(19)17(24)14(20)7-12/h3-7,9-10,24H,1,8H2,2H3. The van der Waals surface area contributed by atoms with Crippen molar-refractivity contribution in [2.45, 2.75) is 6.92 Å². The van der Waals surface area contributed by atoms with Crippen molar-refractivity contribution in [2.24, 2.45) is 10.1 Å². The molecule has 0 saturated carbocycles. The Morgan fingerprint density at radius 2 is 2.12 bits per heavy atom. The fraction of sp³-hybridized carbons (Fsp3) is 0.111. The van der Waals surface area contributed by atoms with E-state index in [1.54, 1.807) is 29.3 Å². The van der Waals surface area contributed by atoms with Gasteiger partial charge in [0, 0.05) is 5.38 Å². The molecule has 0 atom stereocenters. The molecular formula is C18H15Br2N3O2S. The zero-order valence-corrected chi connectivity index (χ0v) is 17.8. The summed E-state index contributed by atoms with van der Waals surface area (Å²) in [5.74, 6) is 0.863. The van der Waals surface area contributed by atoms with E-state index in [4.69, 9.17) is 4.42 Å². The number of furan rings is 1. The number of benzene rings is 1. The summed E-state index contributed by atoms with van der Waals surface area (Å²) in [7, 11) is 0. The third kappa shape index (κ3) is 4.25. The Balaban J connectivity index is 2.06. The van der Waals surface area contributed by atoms with E-state index in [-0.39, 0.29) is 5.75 Å². The quantitative estimate of drug-likeness (QED) is 0.379. The molecule has 0 saturated heterocycles. The minimum absolute atomic E-state index is 0.152. The summed E-state index contributed by atoms with van der Waals surface area (Å²) >= 11 is 8.14. The van der Waals surface area contributed by atoms with E-state index in [2.05, 4.69) is 48.5 Å². The molecule has 0 fully saturated rings. The van der Waals surface area contributed by atoms with Crippen LogP contribution in [0.5, 0.6) is 5.75 Å². The number of nitrogens with zero attached hydrogens (tertiary/aromatic N) is 3. The molecule has 0 bridgehead atoms. The van der Waals surface area contributed by atoms with E-state index in [1.165, 1.54) is 11.3 Å². The van der Waals surface area contributed by atoms with Crippen molar-refractivity contribution < 1.29 is 9.52 Å². The number of aromatic nitrogens is 1. The van der Waals surface area contributed by atoms with E-state index >= 15 is 0 Å². The first-order valence-corrected chi connectivity index (χ1v) is 10.0. The summed E-state index contributed by atoms with van der Waals surface area (Å²) in [6.07, 6.45) is 3.33. The van der Waals surface area contributed by atoms with Crippen molar-refractivity contribution in [1.29, 1.82) is 0 Å². The second kappa shape index (κ2) is 8.20. The van der Waals surface area contributed by atoms with Crippen LogP contribution >= 0.6 is 43.2 Å². The van der Waals surface area contributed by atoms with Crippen LogP contribution in [0.1, 0.15) is 12.5 Å². The molecule has 1 aromatic carbocycles. The largest absolute Gasteiger partial charge is 0.506 e. The molecule has 134 valence electrons. The highest BCUT2D eigenvalue weighted by molar-refractivity contribution is 9.11. The lowest BCUT2D eigenvalue weighted by Gasteiger charge is -2.03. The van der Waals surface area contributed by atoms with E-state index in [1.807, 2.05) is 24.4 Å². The Kier molecular flexibility index (Phi) is 5.95. The summed E-state index contributed by atoms with van der Waals surface area (Å²) in [5.41, 5.74) is 2.60. The first-order valence-electron chi connectivity index (χ1n) is 7.57. The van der Waals surface area contributed by atoms with E-state index in [0.717, 1.165) is 21.6 Å². The summed E-state index contributed by atoms with van der Waals surface area (Å²) < 4.78 is 8.42. The summed E-state index contributed by atoms with van der Waals surface area (Å²) in [6.45, 7) is 6.35. The van der Waals surface area contributed by atoms with E-state index < -0.39 is 0 Å². The number of hydrogen-bond donors (Lipinski definition) is 1. The average molecular weight is 497 g/mol. The molecule has 26 heavy (non-hydrogen) atoms. The molecule has 0 radical (unpaired) electrons. The van der Waals surface area contributed by atoms with Gasteiger partial charge >= 0.3 is 0 Å². The predicted molar refractivity (Wildman–Crippen MR) is 112 cm³/mol. The fourth-order valence-corrected chi connectivity index (χ4v) is 4.14. The molecule has 0 unspecified atom stereocenters. The molecule has 8 heteroatoms. The lowest BCUT2D eigenvalue weighted by atomic mass is 10.2. The van der Waals surface area contributed by atoms with Gasteiger partial charge in [-0.2, -0.15) is 5.10 Å². The maximum absolute atomic E-state index is 9.84. The maximum atomic E-state index is 9.84. The van der Waals surface area contributed by atoms with Gasteiger partial charge < -0.3 is 9.52 Å². The van der Waals surface area contributed by atoms with Gasteiger partial charge in [0.15, 0.2) is 5.76 Å². The van der Waals surface area contributed by atoms with Gasteiger partial charge in [0.2, 0.25) is 4.80 Å². The molecule has 0 aliphatic rings. The Morgan fingerprint density at radius 3 is 2.73 bits per heavy atom. The van der Waals surface area contributed by atoms with Crippen LogP contribution < -0.4 is 4.80 Å². The van der Waals surface area contributed by atoms with Crippen molar-refractivity contribution in [3.8, 4) is 17.2 Å².